The second-order valence-corrected chi connectivity index (χ2v) is 6.73. The van der Waals surface area contributed by atoms with Crippen molar-refractivity contribution >= 4 is 37.5 Å². The molecule has 23 heavy (non-hydrogen) atoms. The maximum Gasteiger partial charge on any atom is 0.287 e. The second-order valence-electron chi connectivity index (χ2n) is 4.78. The molecule has 0 bridgehead atoms. The first kappa shape index (κ1) is 14.3. The van der Waals surface area contributed by atoms with Crippen LogP contribution >= 0.6 is 27.3 Å². The fourth-order valence-corrected chi connectivity index (χ4v) is 3.33. The van der Waals surface area contributed by atoms with E-state index in [1.165, 1.54) is 11.3 Å². The lowest BCUT2D eigenvalue weighted by Crippen LogP contribution is -1.81. The van der Waals surface area contributed by atoms with E-state index in [4.69, 9.17) is 9.26 Å². The van der Waals surface area contributed by atoms with Gasteiger partial charge in [0.15, 0.2) is 5.01 Å². The molecule has 0 radical (unpaired) electrons. The first-order chi connectivity index (χ1) is 11.2. The summed E-state index contributed by atoms with van der Waals surface area (Å²) in [6.07, 6.45) is 0. The highest BCUT2D eigenvalue weighted by Gasteiger charge is 2.15. The van der Waals surface area contributed by atoms with Crippen LogP contribution in [-0.2, 0) is 0 Å². The van der Waals surface area contributed by atoms with Crippen molar-refractivity contribution in [2.75, 3.05) is 7.11 Å². The maximum atomic E-state index is 5.37. The molecule has 0 spiro atoms. The smallest absolute Gasteiger partial charge is 0.287 e. The zero-order chi connectivity index (χ0) is 15.8. The van der Waals surface area contributed by atoms with Crippen molar-refractivity contribution in [3.05, 3.63) is 46.9 Å². The van der Waals surface area contributed by atoms with Gasteiger partial charge in [-0.1, -0.05) is 21.1 Å². The SMILES string of the molecule is COc1ccc2nc(-c3nc(-c4ccc(Br)cc4)no3)sc2c1. The van der Waals surface area contributed by atoms with E-state index < -0.39 is 0 Å². The van der Waals surface area contributed by atoms with Crippen molar-refractivity contribution in [1.82, 2.24) is 15.1 Å². The average Bonchev–Trinajstić information content (AvgIpc) is 3.21. The Hall–Kier alpha value is -2.25. The molecule has 0 aliphatic rings. The van der Waals surface area contributed by atoms with Gasteiger partial charge in [0, 0.05) is 10.0 Å². The predicted molar refractivity (Wildman–Crippen MR) is 92.6 cm³/mol. The quantitative estimate of drug-likeness (QED) is 0.505. The van der Waals surface area contributed by atoms with Gasteiger partial charge in [-0.05, 0) is 42.5 Å². The number of thiazole rings is 1. The Bertz CT molecular complexity index is 979. The van der Waals surface area contributed by atoms with Gasteiger partial charge < -0.3 is 9.26 Å². The Labute approximate surface area is 144 Å². The molecule has 0 amide bonds. The van der Waals surface area contributed by atoms with Gasteiger partial charge in [-0.3, -0.25) is 0 Å². The topological polar surface area (TPSA) is 61.0 Å². The fraction of sp³-hybridized carbons (Fsp3) is 0.0625. The molecule has 0 unspecified atom stereocenters. The summed E-state index contributed by atoms with van der Waals surface area (Å²) in [6, 6.07) is 13.5. The minimum atomic E-state index is 0.420. The average molecular weight is 388 g/mol. The standard InChI is InChI=1S/C16H10BrN3O2S/c1-21-11-6-7-12-13(8-11)23-16(18-12)15-19-14(20-22-15)9-2-4-10(17)5-3-9/h2-8H,1H3. The number of benzene rings is 2. The predicted octanol–water partition coefficient (Wildman–Crippen LogP) is 4.78. The molecule has 7 heteroatoms. The number of methoxy groups -OCH3 is 1. The molecule has 2 aromatic carbocycles. The summed E-state index contributed by atoms with van der Waals surface area (Å²) >= 11 is 4.90. The molecule has 0 N–H and O–H groups in total. The van der Waals surface area contributed by atoms with Crippen LogP contribution < -0.4 is 4.74 Å². The summed E-state index contributed by atoms with van der Waals surface area (Å²) in [7, 11) is 1.64. The monoisotopic (exact) mass is 387 g/mol. The number of hydrogen-bond acceptors (Lipinski definition) is 6. The lowest BCUT2D eigenvalue weighted by molar-refractivity contribution is 0.415. The number of hydrogen-bond donors (Lipinski definition) is 0. The molecule has 4 aromatic rings. The van der Waals surface area contributed by atoms with Gasteiger partial charge >= 0.3 is 0 Å². The highest BCUT2D eigenvalue weighted by Crippen LogP contribution is 2.32. The van der Waals surface area contributed by atoms with Crippen LogP contribution in [0.4, 0.5) is 0 Å². The van der Waals surface area contributed by atoms with Gasteiger partial charge in [0.2, 0.25) is 5.82 Å². The molecule has 4 rings (SSSR count). The van der Waals surface area contributed by atoms with Gasteiger partial charge in [0.1, 0.15) is 5.75 Å². The molecule has 5 nitrogen and oxygen atoms in total. The third-order valence-corrected chi connectivity index (χ3v) is 4.84. The van der Waals surface area contributed by atoms with Gasteiger partial charge in [0.25, 0.3) is 5.89 Å². The van der Waals surface area contributed by atoms with Crippen molar-refractivity contribution in [2.45, 2.75) is 0 Å². The molecular weight excluding hydrogens is 378 g/mol. The molecule has 2 heterocycles. The summed E-state index contributed by atoms with van der Waals surface area (Å²) in [5.41, 5.74) is 1.78. The lowest BCUT2D eigenvalue weighted by Gasteiger charge is -1.96. The van der Waals surface area contributed by atoms with E-state index in [0.717, 1.165) is 26.0 Å². The van der Waals surface area contributed by atoms with Crippen LogP contribution in [0.5, 0.6) is 5.75 Å². The fourth-order valence-electron chi connectivity index (χ4n) is 2.15. The molecule has 0 fully saturated rings. The van der Waals surface area contributed by atoms with Crippen LogP contribution in [0.15, 0.2) is 51.5 Å². The maximum absolute atomic E-state index is 5.37. The van der Waals surface area contributed by atoms with Crippen LogP contribution in [0.3, 0.4) is 0 Å². The lowest BCUT2D eigenvalue weighted by atomic mass is 10.2. The Morgan fingerprint density at radius 1 is 1.09 bits per heavy atom. The van der Waals surface area contributed by atoms with Crippen molar-refractivity contribution in [3.8, 4) is 28.0 Å². The number of halogens is 1. The molecule has 0 aliphatic carbocycles. The van der Waals surface area contributed by atoms with Crippen LogP contribution in [0.2, 0.25) is 0 Å². The Kier molecular flexibility index (Phi) is 3.59. The van der Waals surface area contributed by atoms with Crippen molar-refractivity contribution in [1.29, 1.82) is 0 Å². The number of ether oxygens (including phenoxy) is 1. The van der Waals surface area contributed by atoms with E-state index in [0.29, 0.717) is 16.7 Å². The molecule has 114 valence electrons. The summed E-state index contributed by atoms with van der Waals surface area (Å²) in [4.78, 5) is 8.98. The number of nitrogens with zero attached hydrogens (tertiary/aromatic N) is 3. The molecule has 0 saturated carbocycles. The van der Waals surface area contributed by atoms with E-state index in [1.807, 2.05) is 42.5 Å². The summed E-state index contributed by atoms with van der Waals surface area (Å²) in [6.45, 7) is 0. The second kappa shape index (κ2) is 5.75. The highest BCUT2D eigenvalue weighted by atomic mass is 79.9. The van der Waals surface area contributed by atoms with E-state index in [-0.39, 0.29) is 0 Å². The van der Waals surface area contributed by atoms with Crippen LogP contribution in [0, 0.1) is 0 Å². The first-order valence-corrected chi connectivity index (χ1v) is 8.38. The van der Waals surface area contributed by atoms with Gasteiger partial charge in [0.05, 0.1) is 17.3 Å². The highest BCUT2D eigenvalue weighted by molar-refractivity contribution is 9.10. The number of fused-ring (bicyclic) bond motifs is 1. The molecule has 0 saturated heterocycles. The summed E-state index contributed by atoms with van der Waals surface area (Å²) in [5.74, 6) is 1.77. The van der Waals surface area contributed by atoms with Gasteiger partial charge in [-0.15, -0.1) is 11.3 Å². The number of rotatable bonds is 3. The molecule has 0 aliphatic heterocycles. The van der Waals surface area contributed by atoms with E-state index in [2.05, 4.69) is 31.1 Å². The summed E-state index contributed by atoms with van der Waals surface area (Å²) < 4.78 is 12.6. The molecule has 0 atom stereocenters. The Morgan fingerprint density at radius 2 is 1.91 bits per heavy atom. The van der Waals surface area contributed by atoms with Crippen LogP contribution in [0.25, 0.3) is 32.5 Å². The van der Waals surface area contributed by atoms with Crippen molar-refractivity contribution in [3.63, 3.8) is 0 Å². The van der Waals surface area contributed by atoms with Gasteiger partial charge in [-0.2, -0.15) is 4.98 Å². The zero-order valence-corrected chi connectivity index (χ0v) is 14.4. The molecule has 2 aromatic heterocycles. The van der Waals surface area contributed by atoms with E-state index in [9.17, 15) is 0 Å². The Morgan fingerprint density at radius 3 is 2.70 bits per heavy atom. The largest absolute Gasteiger partial charge is 0.497 e. The summed E-state index contributed by atoms with van der Waals surface area (Å²) in [5, 5.41) is 4.74. The normalized spacial score (nSPS) is 11.0. The van der Waals surface area contributed by atoms with Crippen LogP contribution in [0.1, 0.15) is 0 Å². The van der Waals surface area contributed by atoms with Crippen molar-refractivity contribution < 1.29 is 9.26 Å². The first-order valence-electron chi connectivity index (χ1n) is 6.77. The minimum absolute atomic E-state index is 0.420. The van der Waals surface area contributed by atoms with E-state index in [1.54, 1.807) is 7.11 Å². The van der Waals surface area contributed by atoms with E-state index >= 15 is 0 Å². The minimum Gasteiger partial charge on any atom is -0.497 e. The van der Waals surface area contributed by atoms with Gasteiger partial charge in [-0.25, -0.2) is 4.98 Å². The van der Waals surface area contributed by atoms with Crippen LogP contribution in [-0.4, -0.2) is 22.2 Å². The third-order valence-electron chi connectivity index (χ3n) is 3.31. The Balaban J connectivity index is 1.72. The third kappa shape index (κ3) is 2.73. The zero-order valence-electron chi connectivity index (χ0n) is 12.0. The molecular formula is C16H10BrN3O2S. The number of aromatic nitrogens is 3. The van der Waals surface area contributed by atoms with Crippen molar-refractivity contribution in [2.24, 2.45) is 0 Å².